The molecule has 5 rings (SSSR count). The summed E-state index contributed by atoms with van der Waals surface area (Å²) in [6, 6.07) is 9.16. The van der Waals surface area contributed by atoms with E-state index in [1.165, 1.54) is 0 Å². The number of pyridine rings is 1. The molecule has 2 fully saturated rings. The van der Waals surface area contributed by atoms with E-state index in [0.717, 1.165) is 55.6 Å². The van der Waals surface area contributed by atoms with Gasteiger partial charge < -0.3 is 24.8 Å². The van der Waals surface area contributed by atoms with Crippen molar-refractivity contribution >= 4 is 23.2 Å². The van der Waals surface area contributed by atoms with E-state index in [1.54, 1.807) is 18.5 Å². The van der Waals surface area contributed by atoms with E-state index in [0.29, 0.717) is 30.2 Å². The standard InChI is InChI=1S/C26H29N5O4/c1-17-4-5-20(29-25(32)18-12-21(16-27-15-18)31-8-2-3-9-31)13-22(17)23-14-24(35-30-23)26(33)28-19-6-10-34-11-7-19/h4-5,12-16,19H,2-3,6-11H2,1H3,(H,28,33)(H,29,32). The quantitative estimate of drug-likeness (QED) is 0.558. The third-order valence-electron chi connectivity index (χ3n) is 6.52. The lowest BCUT2D eigenvalue weighted by molar-refractivity contribution is 0.0679. The highest BCUT2D eigenvalue weighted by Crippen LogP contribution is 2.27. The summed E-state index contributed by atoms with van der Waals surface area (Å²) in [6.07, 6.45) is 7.25. The Morgan fingerprint density at radius 2 is 1.83 bits per heavy atom. The summed E-state index contributed by atoms with van der Waals surface area (Å²) in [4.78, 5) is 32.0. The van der Waals surface area contributed by atoms with Crippen LogP contribution in [0.25, 0.3) is 11.3 Å². The zero-order chi connectivity index (χ0) is 24.2. The maximum Gasteiger partial charge on any atom is 0.290 e. The number of nitrogens with one attached hydrogen (secondary N) is 2. The Balaban J connectivity index is 1.29. The number of aromatic nitrogens is 2. The number of hydrogen-bond acceptors (Lipinski definition) is 7. The van der Waals surface area contributed by atoms with E-state index in [2.05, 4.69) is 25.7 Å². The predicted molar refractivity (Wildman–Crippen MR) is 132 cm³/mol. The van der Waals surface area contributed by atoms with E-state index in [4.69, 9.17) is 9.26 Å². The molecule has 0 aliphatic carbocycles. The molecule has 2 saturated heterocycles. The van der Waals surface area contributed by atoms with Crippen LogP contribution in [0.15, 0.2) is 47.2 Å². The van der Waals surface area contributed by atoms with Crippen molar-refractivity contribution < 1.29 is 18.8 Å². The number of ether oxygens (including phenoxy) is 1. The Hall–Kier alpha value is -3.72. The molecule has 9 heteroatoms. The highest BCUT2D eigenvalue weighted by molar-refractivity contribution is 6.05. The fourth-order valence-corrected chi connectivity index (χ4v) is 4.49. The van der Waals surface area contributed by atoms with Crippen LogP contribution in [0.5, 0.6) is 0 Å². The van der Waals surface area contributed by atoms with Gasteiger partial charge in [0.1, 0.15) is 5.69 Å². The van der Waals surface area contributed by atoms with Gasteiger partial charge in [0.15, 0.2) is 0 Å². The van der Waals surface area contributed by atoms with Gasteiger partial charge in [-0.2, -0.15) is 0 Å². The molecule has 2 N–H and O–H groups in total. The van der Waals surface area contributed by atoms with Crippen LogP contribution in [0.2, 0.25) is 0 Å². The van der Waals surface area contributed by atoms with Crippen molar-refractivity contribution in [1.29, 1.82) is 0 Å². The van der Waals surface area contributed by atoms with Crippen molar-refractivity contribution in [1.82, 2.24) is 15.5 Å². The van der Waals surface area contributed by atoms with Crippen molar-refractivity contribution in [2.45, 2.75) is 38.6 Å². The van der Waals surface area contributed by atoms with E-state index >= 15 is 0 Å². The third kappa shape index (κ3) is 5.35. The van der Waals surface area contributed by atoms with Crippen molar-refractivity contribution in [3.63, 3.8) is 0 Å². The fraction of sp³-hybridized carbons (Fsp3) is 0.385. The van der Waals surface area contributed by atoms with Gasteiger partial charge in [-0.1, -0.05) is 11.2 Å². The van der Waals surface area contributed by atoms with Crippen molar-refractivity contribution in [3.8, 4) is 11.3 Å². The average Bonchev–Trinajstić information content (AvgIpc) is 3.59. The number of amides is 2. The SMILES string of the molecule is Cc1ccc(NC(=O)c2cncc(N3CCCC3)c2)cc1-c1cc(C(=O)NC2CCOCC2)on1. The highest BCUT2D eigenvalue weighted by Gasteiger charge is 2.21. The van der Waals surface area contributed by atoms with Gasteiger partial charge in [0, 0.05) is 55.9 Å². The molecule has 9 nitrogen and oxygen atoms in total. The number of hydrogen-bond donors (Lipinski definition) is 2. The van der Waals surface area contributed by atoms with Gasteiger partial charge in [-0.05, 0) is 56.4 Å². The number of aryl methyl sites for hydroxylation is 1. The summed E-state index contributed by atoms with van der Waals surface area (Å²) in [5, 5.41) is 10.0. The van der Waals surface area contributed by atoms with E-state index in [1.807, 2.05) is 31.2 Å². The minimum Gasteiger partial charge on any atom is -0.381 e. The monoisotopic (exact) mass is 475 g/mol. The summed E-state index contributed by atoms with van der Waals surface area (Å²) in [5.41, 5.74) is 4.36. The molecule has 2 aliphatic rings. The molecule has 2 aromatic heterocycles. The lowest BCUT2D eigenvalue weighted by Crippen LogP contribution is -2.38. The summed E-state index contributed by atoms with van der Waals surface area (Å²) in [5.74, 6) is -0.363. The Morgan fingerprint density at radius 1 is 1.03 bits per heavy atom. The van der Waals surface area contributed by atoms with Crippen LogP contribution < -0.4 is 15.5 Å². The first-order chi connectivity index (χ1) is 17.1. The average molecular weight is 476 g/mol. The van der Waals surface area contributed by atoms with Crippen molar-refractivity contribution in [3.05, 3.63) is 59.6 Å². The van der Waals surface area contributed by atoms with Gasteiger partial charge >= 0.3 is 0 Å². The van der Waals surface area contributed by atoms with Gasteiger partial charge in [0.05, 0.1) is 17.4 Å². The molecule has 3 aromatic rings. The minimum atomic E-state index is -0.289. The van der Waals surface area contributed by atoms with Gasteiger partial charge in [0.25, 0.3) is 11.8 Å². The molecule has 0 unspecified atom stereocenters. The molecule has 0 saturated carbocycles. The molecule has 0 spiro atoms. The first-order valence-electron chi connectivity index (χ1n) is 12.0. The maximum atomic E-state index is 12.9. The largest absolute Gasteiger partial charge is 0.381 e. The van der Waals surface area contributed by atoms with Gasteiger partial charge in [-0.15, -0.1) is 0 Å². The van der Waals surface area contributed by atoms with Crippen molar-refractivity contribution in [2.24, 2.45) is 0 Å². The van der Waals surface area contributed by atoms with E-state index in [9.17, 15) is 9.59 Å². The number of carbonyl (C=O) groups excluding carboxylic acids is 2. The predicted octanol–water partition coefficient (Wildman–Crippen LogP) is 3.81. The molecule has 182 valence electrons. The van der Waals surface area contributed by atoms with Gasteiger partial charge in [-0.25, -0.2) is 0 Å². The number of rotatable bonds is 6. The van der Waals surface area contributed by atoms with Crippen LogP contribution in [-0.4, -0.2) is 54.3 Å². The zero-order valence-corrected chi connectivity index (χ0v) is 19.8. The Labute approximate surface area is 203 Å². The van der Waals surface area contributed by atoms with Gasteiger partial charge in [-0.3, -0.25) is 14.6 Å². The molecule has 0 radical (unpaired) electrons. The Kier molecular flexibility index (Phi) is 6.76. The molecule has 2 amide bonds. The number of benzene rings is 1. The molecule has 35 heavy (non-hydrogen) atoms. The summed E-state index contributed by atoms with van der Waals surface area (Å²) in [7, 11) is 0. The smallest absolute Gasteiger partial charge is 0.290 e. The van der Waals surface area contributed by atoms with Crippen LogP contribution in [0.4, 0.5) is 11.4 Å². The number of carbonyl (C=O) groups is 2. The lowest BCUT2D eigenvalue weighted by Gasteiger charge is -2.22. The van der Waals surface area contributed by atoms with Crippen LogP contribution in [0, 0.1) is 6.92 Å². The third-order valence-corrected chi connectivity index (χ3v) is 6.52. The van der Waals surface area contributed by atoms with E-state index < -0.39 is 0 Å². The maximum absolute atomic E-state index is 12.9. The van der Waals surface area contributed by atoms with Crippen LogP contribution in [0.1, 0.15) is 52.2 Å². The summed E-state index contributed by atoms with van der Waals surface area (Å²) >= 11 is 0. The van der Waals surface area contributed by atoms with Gasteiger partial charge in [0.2, 0.25) is 5.76 Å². The number of nitrogens with zero attached hydrogens (tertiary/aromatic N) is 3. The van der Waals surface area contributed by atoms with Crippen LogP contribution in [0.3, 0.4) is 0 Å². The first kappa shape index (κ1) is 23.0. The zero-order valence-electron chi connectivity index (χ0n) is 19.8. The molecular formula is C26H29N5O4. The normalized spacial score (nSPS) is 16.3. The van der Waals surface area contributed by atoms with Crippen LogP contribution in [-0.2, 0) is 4.74 Å². The Morgan fingerprint density at radius 3 is 2.63 bits per heavy atom. The second-order valence-electron chi connectivity index (χ2n) is 9.05. The summed E-state index contributed by atoms with van der Waals surface area (Å²) in [6.45, 7) is 5.20. The highest BCUT2D eigenvalue weighted by atomic mass is 16.5. The first-order valence-corrected chi connectivity index (χ1v) is 12.0. The van der Waals surface area contributed by atoms with E-state index in [-0.39, 0.29) is 23.6 Å². The molecule has 0 bridgehead atoms. The lowest BCUT2D eigenvalue weighted by atomic mass is 10.0. The topological polar surface area (TPSA) is 110 Å². The molecule has 4 heterocycles. The molecular weight excluding hydrogens is 446 g/mol. The molecule has 2 aliphatic heterocycles. The van der Waals surface area contributed by atoms with Crippen molar-refractivity contribution in [2.75, 3.05) is 36.5 Å². The number of anilines is 2. The Bertz CT molecular complexity index is 1210. The molecule has 0 atom stereocenters. The fourth-order valence-electron chi connectivity index (χ4n) is 4.49. The van der Waals surface area contributed by atoms with Crippen LogP contribution >= 0.6 is 0 Å². The molecule has 1 aromatic carbocycles. The summed E-state index contributed by atoms with van der Waals surface area (Å²) < 4.78 is 10.7. The minimum absolute atomic E-state index is 0.0727. The second kappa shape index (κ2) is 10.3. The second-order valence-corrected chi connectivity index (χ2v) is 9.05.